The first-order valence-corrected chi connectivity index (χ1v) is 7.19. The zero-order chi connectivity index (χ0) is 15.2. The standard InChI is InChI=1S/C17H18ClNO2/c1-12-7-3-4-8-14(12)11-19-17(20)13(2)21-16-10-6-5-9-15(16)18/h3-10,13H,11H2,1-2H3,(H,19,20). The van der Waals surface area contributed by atoms with Crippen LogP contribution in [0.5, 0.6) is 5.75 Å². The number of carbonyl (C=O) groups excluding carboxylic acids is 1. The molecule has 2 aromatic rings. The van der Waals surface area contributed by atoms with Gasteiger partial charge in [0.15, 0.2) is 6.10 Å². The number of halogens is 1. The minimum atomic E-state index is -0.603. The number of para-hydroxylation sites is 1. The third-order valence-electron chi connectivity index (χ3n) is 3.22. The summed E-state index contributed by atoms with van der Waals surface area (Å²) in [6, 6.07) is 15.1. The molecular weight excluding hydrogens is 286 g/mol. The molecule has 2 rings (SSSR count). The van der Waals surface area contributed by atoms with Crippen LogP contribution >= 0.6 is 11.6 Å². The first-order valence-electron chi connectivity index (χ1n) is 6.81. The third-order valence-corrected chi connectivity index (χ3v) is 3.54. The number of amides is 1. The van der Waals surface area contributed by atoms with Crippen molar-refractivity contribution < 1.29 is 9.53 Å². The summed E-state index contributed by atoms with van der Waals surface area (Å²) in [6.45, 7) is 4.21. The van der Waals surface area contributed by atoms with Crippen molar-refractivity contribution in [3.63, 3.8) is 0 Å². The van der Waals surface area contributed by atoms with Gasteiger partial charge in [0, 0.05) is 6.54 Å². The quantitative estimate of drug-likeness (QED) is 0.914. The van der Waals surface area contributed by atoms with E-state index in [1.165, 1.54) is 0 Å². The highest BCUT2D eigenvalue weighted by Gasteiger charge is 2.15. The van der Waals surface area contributed by atoms with Crippen LogP contribution in [0.25, 0.3) is 0 Å². The van der Waals surface area contributed by atoms with Crippen molar-refractivity contribution in [2.24, 2.45) is 0 Å². The molecule has 3 nitrogen and oxygen atoms in total. The van der Waals surface area contributed by atoms with E-state index in [-0.39, 0.29) is 5.91 Å². The van der Waals surface area contributed by atoms with Gasteiger partial charge in [-0.3, -0.25) is 4.79 Å². The summed E-state index contributed by atoms with van der Waals surface area (Å²) >= 11 is 6.01. The Kier molecular flexibility index (Phi) is 5.23. The molecule has 21 heavy (non-hydrogen) atoms. The molecule has 110 valence electrons. The third kappa shape index (κ3) is 4.23. The molecule has 0 aromatic heterocycles. The van der Waals surface area contributed by atoms with E-state index in [4.69, 9.17) is 16.3 Å². The van der Waals surface area contributed by atoms with Crippen molar-refractivity contribution in [2.45, 2.75) is 26.5 Å². The highest BCUT2D eigenvalue weighted by Crippen LogP contribution is 2.24. The monoisotopic (exact) mass is 303 g/mol. The first kappa shape index (κ1) is 15.4. The van der Waals surface area contributed by atoms with Crippen LogP contribution in [0.1, 0.15) is 18.1 Å². The topological polar surface area (TPSA) is 38.3 Å². The van der Waals surface area contributed by atoms with Gasteiger partial charge < -0.3 is 10.1 Å². The Morgan fingerprint density at radius 3 is 2.57 bits per heavy atom. The van der Waals surface area contributed by atoms with E-state index in [1.807, 2.05) is 43.3 Å². The fourth-order valence-corrected chi connectivity index (χ4v) is 2.10. The number of ether oxygens (including phenoxy) is 1. The van der Waals surface area contributed by atoms with Crippen LogP contribution in [-0.4, -0.2) is 12.0 Å². The maximum atomic E-state index is 12.1. The van der Waals surface area contributed by atoms with E-state index in [9.17, 15) is 4.79 Å². The van der Waals surface area contributed by atoms with Crippen LogP contribution in [0, 0.1) is 6.92 Å². The Morgan fingerprint density at radius 2 is 1.86 bits per heavy atom. The first-order chi connectivity index (χ1) is 10.1. The summed E-state index contributed by atoms with van der Waals surface area (Å²) in [5.41, 5.74) is 2.24. The predicted molar refractivity (Wildman–Crippen MR) is 84.6 cm³/mol. The lowest BCUT2D eigenvalue weighted by molar-refractivity contribution is -0.127. The minimum Gasteiger partial charge on any atom is -0.479 e. The summed E-state index contributed by atoms with van der Waals surface area (Å²) < 4.78 is 5.58. The number of benzene rings is 2. The predicted octanol–water partition coefficient (Wildman–Crippen LogP) is 3.73. The van der Waals surface area contributed by atoms with Crippen molar-refractivity contribution in [3.05, 3.63) is 64.7 Å². The van der Waals surface area contributed by atoms with E-state index in [0.717, 1.165) is 11.1 Å². The fourth-order valence-electron chi connectivity index (χ4n) is 1.92. The molecule has 1 unspecified atom stereocenters. The molecule has 0 aliphatic carbocycles. The maximum absolute atomic E-state index is 12.1. The molecular formula is C17H18ClNO2. The normalized spacial score (nSPS) is 11.8. The molecule has 1 atom stereocenters. The minimum absolute atomic E-state index is 0.168. The molecule has 0 heterocycles. The summed E-state index contributed by atoms with van der Waals surface area (Å²) in [5, 5.41) is 3.37. The Morgan fingerprint density at radius 1 is 1.19 bits per heavy atom. The Labute approximate surface area is 129 Å². The molecule has 0 bridgehead atoms. The lowest BCUT2D eigenvalue weighted by Crippen LogP contribution is -2.36. The number of hydrogen-bond acceptors (Lipinski definition) is 2. The second-order valence-electron chi connectivity index (χ2n) is 4.83. The average Bonchev–Trinajstić information content (AvgIpc) is 2.48. The van der Waals surface area contributed by atoms with Crippen LogP contribution in [0.15, 0.2) is 48.5 Å². The van der Waals surface area contributed by atoms with Gasteiger partial charge in [0.1, 0.15) is 5.75 Å². The average molecular weight is 304 g/mol. The van der Waals surface area contributed by atoms with Gasteiger partial charge in [-0.25, -0.2) is 0 Å². The van der Waals surface area contributed by atoms with Gasteiger partial charge in [-0.15, -0.1) is 0 Å². The Hall–Kier alpha value is -2.00. The van der Waals surface area contributed by atoms with E-state index in [0.29, 0.717) is 17.3 Å². The van der Waals surface area contributed by atoms with Gasteiger partial charge in [-0.1, -0.05) is 48.0 Å². The van der Waals surface area contributed by atoms with Crippen molar-refractivity contribution in [2.75, 3.05) is 0 Å². The fraction of sp³-hybridized carbons (Fsp3) is 0.235. The molecule has 0 radical (unpaired) electrons. The Balaban J connectivity index is 1.91. The summed E-state index contributed by atoms with van der Waals surface area (Å²) in [7, 11) is 0. The molecule has 0 saturated carbocycles. The number of carbonyl (C=O) groups is 1. The van der Waals surface area contributed by atoms with Crippen LogP contribution in [0.2, 0.25) is 5.02 Å². The molecule has 1 amide bonds. The molecule has 0 fully saturated rings. The number of rotatable bonds is 5. The van der Waals surface area contributed by atoms with E-state index in [2.05, 4.69) is 5.32 Å². The van der Waals surface area contributed by atoms with Gasteiger partial charge in [0.25, 0.3) is 5.91 Å². The summed E-state index contributed by atoms with van der Waals surface area (Å²) in [5.74, 6) is 0.343. The van der Waals surface area contributed by atoms with Crippen molar-refractivity contribution >= 4 is 17.5 Å². The molecule has 4 heteroatoms. The second-order valence-corrected chi connectivity index (χ2v) is 5.24. The Bertz CT molecular complexity index is 628. The van der Waals surface area contributed by atoms with Gasteiger partial charge in [0.05, 0.1) is 5.02 Å². The van der Waals surface area contributed by atoms with Crippen LogP contribution in [0.4, 0.5) is 0 Å². The summed E-state index contributed by atoms with van der Waals surface area (Å²) in [4.78, 5) is 12.1. The van der Waals surface area contributed by atoms with Gasteiger partial charge in [-0.2, -0.15) is 0 Å². The van der Waals surface area contributed by atoms with Crippen molar-refractivity contribution in [3.8, 4) is 5.75 Å². The van der Waals surface area contributed by atoms with Crippen LogP contribution in [0.3, 0.4) is 0 Å². The second kappa shape index (κ2) is 7.14. The van der Waals surface area contributed by atoms with E-state index in [1.54, 1.807) is 19.1 Å². The van der Waals surface area contributed by atoms with E-state index >= 15 is 0 Å². The molecule has 0 spiro atoms. The molecule has 2 aromatic carbocycles. The SMILES string of the molecule is Cc1ccccc1CNC(=O)C(C)Oc1ccccc1Cl. The zero-order valence-corrected chi connectivity index (χ0v) is 12.9. The van der Waals surface area contributed by atoms with E-state index < -0.39 is 6.10 Å². The van der Waals surface area contributed by atoms with Crippen molar-refractivity contribution in [1.82, 2.24) is 5.32 Å². The highest BCUT2D eigenvalue weighted by atomic mass is 35.5. The molecule has 0 aliphatic rings. The maximum Gasteiger partial charge on any atom is 0.261 e. The smallest absolute Gasteiger partial charge is 0.261 e. The van der Waals surface area contributed by atoms with Crippen molar-refractivity contribution in [1.29, 1.82) is 0 Å². The largest absolute Gasteiger partial charge is 0.479 e. The summed E-state index contributed by atoms with van der Waals surface area (Å²) in [6.07, 6.45) is -0.603. The zero-order valence-electron chi connectivity index (χ0n) is 12.1. The van der Waals surface area contributed by atoms with Crippen LogP contribution < -0.4 is 10.1 Å². The highest BCUT2D eigenvalue weighted by molar-refractivity contribution is 6.32. The lowest BCUT2D eigenvalue weighted by Gasteiger charge is -2.16. The lowest BCUT2D eigenvalue weighted by atomic mass is 10.1. The number of nitrogens with one attached hydrogen (secondary N) is 1. The van der Waals surface area contributed by atoms with Crippen LogP contribution in [-0.2, 0) is 11.3 Å². The number of aryl methyl sites for hydroxylation is 1. The molecule has 0 aliphatic heterocycles. The molecule has 0 saturated heterocycles. The number of hydrogen-bond donors (Lipinski definition) is 1. The van der Waals surface area contributed by atoms with Gasteiger partial charge >= 0.3 is 0 Å². The molecule has 1 N–H and O–H groups in total. The van der Waals surface area contributed by atoms with Gasteiger partial charge in [-0.05, 0) is 37.1 Å². The van der Waals surface area contributed by atoms with Gasteiger partial charge in [0.2, 0.25) is 0 Å².